The van der Waals surface area contributed by atoms with Gasteiger partial charge in [0.05, 0.1) is 24.3 Å². The fraction of sp³-hybridized carbons (Fsp3) is 0.261. The molecule has 3 heterocycles. The van der Waals surface area contributed by atoms with E-state index in [1.54, 1.807) is 25.3 Å². The standard InChI is InChI=1S/C23H24N4O4S/c1-15-19(16(2)31-26-15)13-32-14-23(28)25-17-7-8-20(29-3)21(10-17)30-12-18-11-27-9-5-4-6-22(27)24-18/h4-11H,12-14H2,1-3H3,(H,25,28). The molecular formula is C23H24N4O4S. The maximum Gasteiger partial charge on any atom is 0.234 e. The maximum atomic E-state index is 12.4. The van der Waals surface area contributed by atoms with E-state index in [0.717, 1.165) is 28.4 Å². The third kappa shape index (κ3) is 5.05. The Morgan fingerprint density at radius 2 is 2.09 bits per heavy atom. The number of carbonyl (C=O) groups excluding carboxylic acids is 1. The first-order chi connectivity index (χ1) is 15.5. The summed E-state index contributed by atoms with van der Waals surface area (Å²) in [5.74, 6) is 2.79. The molecule has 0 aliphatic rings. The maximum absolute atomic E-state index is 12.4. The summed E-state index contributed by atoms with van der Waals surface area (Å²) in [6, 6.07) is 11.1. The van der Waals surface area contributed by atoms with E-state index in [0.29, 0.717) is 28.7 Å². The van der Waals surface area contributed by atoms with E-state index < -0.39 is 0 Å². The number of carbonyl (C=O) groups is 1. The smallest absolute Gasteiger partial charge is 0.234 e. The Kier molecular flexibility index (Phi) is 6.65. The number of rotatable bonds is 9. The molecular weight excluding hydrogens is 428 g/mol. The van der Waals surface area contributed by atoms with Crippen LogP contribution in [-0.4, -0.2) is 33.3 Å². The Balaban J connectivity index is 1.36. The number of aryl methyl sites for hydroxylation is 2. The van der Waals surface area contributed by atoms with Crippen LogP contribution in [0, 0.1) is 13.8 Å². The van der Waals surface area contributed by atoms with Crippen molar-refractivity contribution < 1.29 is 18.8 Å². The van der Waals surface area contributed by atoms with Crippen molar-refractivity contribution in [3.63, 3.8) is 0 Å². The highest BCUT2D eigenvalue weighted by Gasteiger charge is 2.12. The quantitative estimate of drug-likeness (QED) is 0.402. The molecule has 1 N–H and O–H groups in total. The second kappa shape index (κ2) is 9.78. The van der Waals surface area contributed by atoms with Crippen LogP contribution in [0.2, 0.25) is 0 Å². The summed E-state index contributed by atoms with van der Waals surface area (Å²) in [4.78, 5) is 16.9. The molecule has 0 atom stereocenters. The number of nitrogens with zero attached hydrogens (tertiary/aromatic N) is 3. The van der Waals surface area contributed by atoms with Gasteiger partial charge in [0.25, 0.3) is 0 Å². The number of amides is 1. The lowest BCUT2D eigenvalue weighted by molar-refractivity contribution is -0.113. The SMILES string of the molecule is COc1ccc(NC(=O)CSCc2c(C)noc2C)cc1OCc1cn2ccccc2n1. The van der Waals surface area contributed by atoms with Gasteiger partial charge in [0, 0.05) is 35.5 Å². The van der Waals surface area contributed by atoms with E-state index in [4.69, 9.17) is 14.0 Å². The number of pyridine rings is 1. The van der Waals surface area contributed by atoms with E-state index in [-0.39, 0.29) is 12.5 Å². The van der Waals surface area contributed by atoms with Gasteiger partial charge in [-0.1, -0.05) is 11.2 Å². The minimum Gasteiger partial charge on any atom is -0.493 e. The zero-order valence-corrected chi connectivity index (χ0v) is 18.9. The molecule has 1 aromatic carbocycles. The molecule has 8 nitrogen and oxygen atoms in total. The minimum atomic E-state index is -0.0989. The second-order valence-electron chi connectivity index (χ2n) is 7.20. The van der Waals surface area contributed by atoms with Gasteiger partial charge in [-0.05, 0) is 38.1 Å². The highest BCUT2D eigenvalue weighted by Crippen LogP contribution is 2.31. The topological polar surface area (TPSA) is 90.9 Å². The number of aromatic nitrogens is 3. The highest BCUT2D eigenvalue weighted by atomic mass is 32.2. The van der Waals surface area contributed by atoms with E-state index >= 15 is 0 Å². The van der Waals surface area contributed by atoms with Crippen LogP contribution in [-0.2, 0) is 17.2 Å². The van der Waals surface area contributed by atoms with Crippen LogP contribution in [0.4, 0.5) is 5.69 Å². The first-order valence-corrected chi connectivity index (χ1v) is 11.2. The fourth-order valence-electron chi connectivity index (χ4n) is 3.23. The van der Waals surface area contributed by atoms with Crippen molar-refractivity contribution in [2.24, 2.45) is 0 Å². The Morgan fingerprint density at radius 3 is 2.84 bits per heavy atom. The van der Waals surface area contributed by atoms with Crippen LogP contribution >= 0.6 is 11.8 Å². The predicted molar refractivity (Wildman–Crippen MR) is 123 cm³/mol. The molecule has 166 valence electrons. The average molecular weight is 453 g/mol. The molecule has 0 saturated heterocycles. The predicted octanol–water partition coefficient (Wildman–Crippen LogP) is 4.40. The van der Waals surface area contributed by atoms with Crippen LogP contribution in [0.3, 0.4) is 0 Å². The van der Waals surface area contributed by atoms with Crippen LogP contribution in [0.5, 0.6) is 11.5 Å². The lowest BCUT2D eigenvalue weighted by Gasteiger charge is -2.12. The zero-order chi connectivity index (χ0) is 22.5. The molecule has 0 radical (unpaired) electrons. The molecule has 0 unspecified atom stereocenters. The van der Waals surface area contributed by atoms with Crippen LogP contribution in [0.25, 0.3) is 5.65 Å². The van der Waals surface area contributed by atoms with Crippen molar-refractivity contribution in [1.82, 2.24) is 14.5 Å². The van der Waals surface area contributed by atoms with Gasteiger partial charge in [-0.25, -0.2) is 4.98 Å². The van der Waals surface area contributed by atoms with Gasteiger partial charge >= 0.3 is 0 Å². The lowest BCUT2D eigenvalue weighted by Crippen LogP contribution is -2.14. The van der Waals surface area contributed by atoms with Gasteiger partial charge in [0.1, 0.15) is 18.0 Å². The number of methoxy groups -OCH3 is 1. The third-order valence-corrected chi connectivity index (χ3v) is 5.86. The van der Waals surface area contributed by atoms with Gasteiger partial charge in [0.15, 0.2) is 11.5 Å². The number of fused-ring (bicyclic) bond motifs is 1. The molecule has 0 bridgehead atoms. The number of benzene rings is 1. The van der Waals surface area contributed by atoms with Crippen molar-refractivity contribution in [3.05, 3.63) is 71.5 Å². The van der Waals surface area contributed by atoms with Crippen molar-refractivity contribution >= 4 is 29.0 Å². The number of hydrogen-bond donors (Lipinski definition) is 1. The summed E-state index contributed by atoms with van der Waals surface area (Å²) in [6.07, 6.45) is 3.86. The highest BCUT2D eigenvalue weighted by molar-refractivity contribution is 7.99. The summed E-state index contributed by atoms with van der Waals surface area (Å²) in [7, 11) is 1.58. The summed E-state index contributed by atoms with van der Waals surface area (Å²) < 4.78 is 18.4. The first kappa shape index (κ1) is 21.8. The molecule has 9 heteroatoms. The fourth-order valence-corrected chi connectivity index (χ4v) is 4.20. The molecule has 0 aliphatic carbocycles. The molecule has 0 spiro atoms. The summed E-state index contributed by atoms with van der Waals surface area (Å²) in [5.41, 5.74) is 4.18. The van der Waals surface area contributed by atoms with Gasteiger partial charge in [-0.2, -0.15) is 0 Å². The van der Waals surface area contributed by atoms with Crippen molar-refractivity contribution in [3.8, 4) is 11.5 Å². The minimum absolute atomic E-state index is 0.0989. The summed E-state index contributed by atoms with van der Waals surface area (Å²) in [5, 5.41) is 6.85. The van der Waals surface area contributed by atoms with E-state index in [9.17, 15) is 4.79 Å². The molecule has 0 saturated carbocycles. The van der Waals surface area contributed by atoms with E-state index in [1.165, 1.54) is 11.8 Å². The van der Waals surface area contributed by atoms with E-state index in [2.05, 4.69) is 15.5 Å². The monoisotopic (exact) mass is 452 g/mol. The van der Waals surface area contributed by atoms with Gasteiger partial charge in [-0.3, -0.25) is 4.79 Å². The third-order valence-electron chi connectivity index (χ3n) is 4.90. The van der Waals surface area contributed by atoms with Crippen LogP contribution in [0.1, 0.15) is 22.7 Å². The van der Waals surface area contributed by atoms with Gasteiger partial charge < -0.3 is 23.7 Å². The number of imidazole rings is 1. The molecule has 4 rings (SSSR count). The Morgan fingerprint density at radius 1 is 1.22 bits per heavy atom. The molecule has 0 aliphatic heterocycles. The van der Waals surface area contributed by atoms with Crippen molar-refractivity contribution in [2.45, 2.75) is 26.2 Å². The number of nitrogens with one attached hydrogen (secondary N) is 1. The number of thioether (sulfide) groups is 1. The number of anilines is 1. The first-order valence-electron chi connectivity index (χ1n) is 10.1. The van der Waals surface area contributed by atoms with Crippen molar-refractivity contribution in [2.75, 3.05) is 18.2 Å². The molecule has 0 fully saturated rings. The molecule has 3 aromatic heterocycles. The Bertz CT molecular complexity index is 1180. The lowest BCUT2D eigenvalue weighted by atomic mass is 10.2. The van der Waals surface area contributed by atoms with Gasteiger partial charge in [-0.15, -0.1) is 11.8 Å². The largest absolute Gasteiger partial charge is 0.493 e. The normalized spacial score (nSPS) is 11.0. The van der Waals surface area contributed by atoms with Gasteiger partial charge in [0.2, 0.25) is 5.91 Å². The summed E-state index contributed by atoms with van der Waals surface area (Å²) >= 11 is 1.51. The Labute approximate surface area is 189 Å². The number of hydrogen-bond acceptors (Lipinski definition) is 7. The average Bonchev–Trinajstić information content (AvgIpc) is 3.35. The Hall–Kier alpha value is -3.46. The second-order valence-corrected chi connectivity index (χ2v) is 8.18. The zero-order valence-electron chi connectivity index (χ0n) is 18.1. The molecule has 1 amide bonds. The molecule has 32 heavy (non-hydrogen) atoms. The van der Waals surface area contributed by atoms with Crippen LogP contribution in [0.15, 0.2) is 53.3 Å². The van der Waals surface area contributed by atoms with Crippen molar-refractivity contribution in [1.29, 1.82) is 0 Å². The van der Waals surface area contributed by atoms with Crippen LogP contribution < -0.4 is 14.8 Å². The summed E-state index contributed by atoms with van der Waals surface area (Å²) in [6.45, 7) is 4.06. The van der Waals surface area contributed by atoms with E-state index in [1.807, 2.05) is 48.8 Å². The molecule has 4 aromatic rings. The number of ether oxygens (including phenoxy) is 2.